The SMILES string of the molecule is CN=C(NCCCOCCc1ccccc1)NC1CCN(Cc2ccccc2)CC1. The lowest BCUT2D eigenvalue weighted by Crippen LogP contribution is -2.48. The van der Waals surface area contributed by atoms with Gasteiger partial charge in [0.25, 0.3) is 0 Å². The first kappa shape index (κ1) is 22.3. The van der Waals surface area contributed by atoms with Gasteiger partial charge in [0.05, 0.1) is 6.61 Å². The number of nitrogens with zero attached hydrogens (tertiary/aromatic N) is 2. The van der Waals surface area contributed by atoms with Crippen molar-refractivity contribution < 1.29 is 4.74 Å². The summed E-state index contributed by atoms with van der Waals surface area (Å²) >= 11 is 0. The van der Waals surface area contributed by atoms with Gasteiger partial charge in [0.1, 0.15) is 0 Å². The van der Waals surface area contributed by atoms with Crippen molar-refractivity contribution in [2.75, 3.05) is 39.9 Å². The highest BCUT2D eigenvalue weighted by molar-refractivity contribution is 5.79. The normalized spacial score (nSPS) is 15.8. The molecular formula is C25H36N4O. The number of likely N-dealkylation sites (tertiary alicyclic amines) is 1. The van der Waals surface area contributed by atoms with Gasteiger partial charge in [-0.1, -0.05) is 60.7 Å². The van der Waals surface area contributed by atoms with Crippen LogP contribution in [0.2, 0.25) is 0 Å². The summed E-state index contributed by atoms with van der Waals surface area (Å²) in [5.41, 5.74) is 2.72. The molecule has 2 N–H and O–H groups in total. The minimum absolute atomic E-state index is 0.491. The topological polar surface area (TPSA) is 48.9 Å². The number of rotatable bonds is 10. The number of benzene rings is 2. The van der Waals surface area contributed by atoms with E-state index in [0.29, 0.717) is 6.04 Å². The van der Waals surface area contributed by atoms with E-state index in [1.54, 1.807) is 0 Å². The van der Waals surface area contributed by atoms with E-state index < -0.39 is 0 Å². The van der Waals surface area contributed by atoms with E-state index >= 15 is 0 Å². The van der Waals surface area contributed by atoms with Crippen LogP contribution in [0.1, 0.15) is 30.4 Å². The molecule has 0 atom stereocenters. The molecule has 3 rings (SSSR count). The molecule has 1 aliphatic heterocycles. The molecule has 5 nitrogen and oxygen atoms in total. The van der Waals surface area contributed by atoms with Gasteiger partial charge >= 0.3 is 0 Å². The highest BCUT2D eigenvalue weighted by Crippen LogP contribution is 2.13. The standard InChI is InChI=1S/C25H36N4O/c1-26-25(27-16-8-19-30-20-15-22-9-4-2-5-10-22)28-24-13-17-29(18-14-24)21-23-11-6-3-7-12-23/h2-7,9-12,24H,8,13-21H2,1H3,(H2,26,27,28). The average Bonchev–Trinajstić information content (AvgIpc) is 2.80. The highest BCUT2D eigenvalue weighted by atomic mass is 16.5. The summed E-state index contributed by atoms with van der Waals surface area (Å²) in [5.74, 6) is 0.904. The molecule has 2 aromatic carbocycles. The smallest absolute Gasteiger partial charge is 0.191 e. The molecule has 162 valence electrons. The lowest BCUT2D eigenvalue weighted by atomic mass is 10.0. The number of guanidine groups is 1. The zero-order valence-corrected chi connectivity index (χ0v) is 18.2. The quantitative estimate of drug-likeness (QED) is 0.359. The summed E-state index contributed by atoms with van der Waals surface area (Å²) in [4.78, 5) is 6.92. The van der Waals surface area contributed by atoms with Crippen molar-refractivity contribution in [2.24, 2.45) is 4.99 Å². The van der Waals surface area contributed by atoms with Gasteiger partial charge in [-0.2, -0.15) is 0 Å². The van der Waals surface area contributed by atoms with Crippen molar-refractivity contribution in [1.82, 2.24) is 15.5 Å². The Kier molecular flexibility index (Phi) is 9.70. The summed E-state index contributed by atoms with van der Waals surface area (Å²) in [6.45, 7) is 5.72. The summed E-state index contributed by atoms with van der Waals surface area (Å²) in [6.07, 6.45) is 4.25. The molecule has 0 bridgehead atoms. The molecule has 5 heteroatoms. The van der Waals surface area contributed by atoms with Gasteiger partial charge in [-0.3, -0.25) is 9.89 Å². The largest absolute Gasteiger partial charge is 0.381 e. The van der Waals surface area contributed by atoms with Crippen LogP contribution in [-0.4, -0.2) is 56.8 Å². The number of aliphatic imine (C=N–C) groups is 1. The van der Waals surface area contributed by atoms with Gasteiger partial charge in [-0.05, 0) is 36.8 Å². The molecule has 1 aliphatic rings. The lowest BCUT2D eigenvalue weighted by Gasteiger charge is -2.33. The second-order valence-electron chi connectivity index (χ2n) is 7.88. The van der Waals surface area contributed by atoms with Crippen LogP contribution in [0.5, 0.6) is 0 Å². The summed E-state index contributed by atoms with van der Waals surface area (Å²) in [7, 11) is 1.84. The Hall–Kier alpha value is -2.37. The number of piperidine rings is 1. The van der Waals surface area contributed by atoms with E-state index in [0.717, 1.165) is 71.0 Å². The van der Waals surface area contributed by atoms with Crippen molar-refractivity contribution in [1.29, 1.82) is 0 Å². The first-order valence-corrected chi connectivity index (χ1v) is 11.2. The molecule has 1 heterocycles. The van der Waals surface area contributed by atoms with Gasteiger partial charge in [0.2, 0.25) is 0 Å². The third kappa shape index (κ3) is 8.17. The van der Waals surface area contributed by atoms with Crippen LogP contribution in [0, 0.1) is 0 Å². The van der Waals surface area contributed by atoms with E-state index in [2.05, 4.69) is 75.1 Å². The molecule has 0 aliphatic carbocycles. The van der Waals surface area contributed by atoms with Crippen LogP contribution in [-0.2, 0) is 17.7 Å². The monoisotopic (exact) mass is 408 g/mol. The second-order valence-corrected chi connectivity index (χ2v) is 7.88. The van der Waals surface area contributed by atoms with E-state index in [-0.39, 0.29) is 0 Å². The van der Waals surface area contributed by atoms with Crippen molar-refractivity contribution in [3.63, 3.8) is 0 Å². The third-order valence-electron chi connectivity index (χ3n) is 5.54. The molecule has 0 saturated carbocycles. The maximum Gasteiger partial charge on any atom is 0.191 e. The van der Waals surface area contributed by atoms with Crippen LogP contribution >= 0.6 is 0 Å². The van der Waals surface area contributed by atoms with Crippen LogP contribution in [0.3, 0.4) is 0 Å². The second kappa shape index (κ2) is 13.0. The van der Waals surface area contributed by atoms with Gasteiger partial charge in [0, 0.05) is 45.9 Å². The summed E-state index contributed by atoms with van der Waals surface area (Å²) < 4.78 is 5.76. The van der Waals surface area contributed by atoms with Crippen LogP contribution in [0.15, 0.2) is 65.7 Å². The molecule has 0 aromatic heterocycles. The summed E-state index contributed by atoms with van der Waals surface area (Å²) in [5, 5.41) is 7.01. The fraction of sp³-hybridized carbons (Fsp3) is 0.480. The molecule has 2 aromatic rings. The number of hydrogen-bond acceptors (Lipinski definition) is 3. The first-order chi connectivity index (χ1) is 14.8. The van der Waals surface area contributed by atoms with Crippen molar-refractivity contribution in [3.8, 4) is 0 Å². The van der Waals surface area contributed by atoms with Gasteiger partial charge < -0.3 is 15.4 Å². The highest BCUT2D eigenvalue weighted by Gasteiger charge is 2.19. The van der Waals surface area contributed by atoms with Crippen LogP contribution < -0.4 is 10.6 Å². The van der Waals surface area contributed by atoms with Gasteiger partial charge in [-0.15, -0.1) is 0 Å². The Morgan fingerprint density at radius 2 is 1.63 bits per heavy atom. The fourth-order valence-corrected chi connectivity index (χ4v) is 3.78. The first-order valence-electron chi connectivity index (χ1n) is 11.2. The van der Waals surface area contributed by atoms with Crippen molar-refractivity contribution in [2.45, 2.75) is 38.3 Å². The minimum atomic E-state index is 0.491. The van der Waals surface area contributed by atoms with Crippen LogP contribution in [0.25, 0.3) is 0 Å². The number of hydrogen-bond donors (Lipinski definition) is 2. The van der Waals surface area contributed by atoms with E-state index in [1.165, 1.54) is 11.1 Å². The molecule has 0 spiro atoms. The van der Waals surface area contributed by atoms with Crippen molar-refractivity contribution >= 4 is 5.96 Å². The Balaban J connectivity index is 1.23. The number of ether oxygens (including phenoxy) is 1. The molecule has 0 unspecified atom stereocenters. The molecule has 30 heavy (non-hydrogen) atoms. The predicted octanol–water partition coefficient (Wildman–Crippen LogP) is 3.47. The van der Waals surface area contributed by atoms with Crippen molar-refractivity contribution in [3.05, 3.63) is 71.8 Å². The molecule has 1 fully saturated rings. The molecular weight excluding hydrogens is 372 g/mol. The molecule has 0 radical (unpaired) electrons. The van der Waals surface area contributed by atoms with E-state index in [4.69, 9.17) is 4.74 Å². The zero-order chi connectivity index (χ0) is 20.9. The fourth-order valence-electron chi connectivity index (χ4n) is 3.78. The average molecular weight is 409 g/mol. The van der Waals surface area contributed by atoms with Gasteiger partial charge in [0.15, 0.2) is 5.96 Å². The lowest BCUT2D eigenvalue weighted by molar-refractivity contribution is 0.135. The Morgan fingerprint density at radius 1 is 0.967 bits per heavy atom. The maximum absolute atomic E-state index is 5.76. The van der Waals surface area contributed by atoms with E-state index in [9.17, 15) is 0 Å². The summed E-state index contributed by atoms with van der Waals surface area (Å²) in [6, 6.07) is 21.7. The van der Waals surface area contributed by atoms with E-state index in [1.807, 2.05) is 13.1 Å². The Labute approximate surface area is 181 Å². The zero-order valence-electron chi connectivity index (χ0n) is 18.2. The molecule has 0 amide bonds. The van der Waals surface area contributed by atoms with Crippen LogP contribution in [0.4, 0.5) is 0 Å². The Bertz CT molecular complexity index is 727. The number of nitrogens with one attached hydrogen (secondary N) is 2. The molecule has 1 saturated heterocycles. The maximum atomic E-state index is 5.76. The predicted molar refractivity (Wildman–Crippen MR) is 125 cm³/mol. The third-order valence-corrected chi connectivity index (χ3v) is 5.54. The van der Waals surface area contributed by atoms with Gasteiger partial charge in [-0.25, -0.2) is 0 Å². The Morgan fingerprint density at radius 3 is 2.30 bits per heavy atom. The minimum Gasteiger partial charge on any atom is -0.381 e.